The fourth-order valence-electron chi connectivity index (χ4n) is 3.09. The van der Waals surface area contributed by atoms with E-state index in [1.54, 1.807) is 0 Å². The topological polar surface area (TPSA) is 219 Å². The summed E-state index contributed by atoms with van der Waals surface area (Å²) in [7, 11) is 0. The predicted molar refractivity (Wildman–Crippen MR) is 94.7 cm³/mol. The Hall–Kier alpha value is -0.520. The molecule has 0 aromatic heterocycles. The third-order valence-electron chi connectivity index (χ3n) is 5.20. The molecule has 6 unspecified atom stereocenters. The van der Waals surface area contributed by atoms with Gasteiger partial charge in [0.25, 0.3) is 0 Å². The zero-order valence-corrected chi connectivity index (χ0v) is 16.6. The fraction of sp³-hybridized carbons (Fsp3) is 1.00. The van der Waals surface area contributed by atoms with Crippen molar-refractivity contribution in [3.63, 3.8) is 0 Å². The molecular weight excluding hydrogens is 412 g/mol. The highest BCUT2D eigenvalue weighted by atomic mass is 16.8. The molecule has 0 aromatic carbocycles. The first-order valence-electron chi connectivity index (χ1n) is 9.52. The molecule has 0 amide bonds. The molecule has 0 bridgehead atoms. The van der Waals surface area contributed by atoms with Crippen molar-refractivity contribution < 1.29 is 64.9 Å². The van der Waals surface area contributed by atoms with E-state index < -0.39 is 92.9 Å². The first kappa shape index (κ1) is 25.7. The monoisotopic (exact) mass is 444 g/mol. The van der Waals surface area contributed by atoms with Crippen molar-refractivity contribution in [2.75, 3.05) is 19.8 Å². The van der Waals surface area contributed by atoms with Crippen LogP contribution in [0.1, 0.15) is 13.8 Å². The van der Waals surface area contributed by atoms with Gasteiger partial charge in [-0.15, -0.1) is 0 Å². The molecule has 2 saturated heterocycles. The van der Waals surface area contributed by atoms with Crippen LogP contribution in [0.15, 0.2) is 0 Å². The number of rotatable bonds is 8. The summed E-state index contributed by atoms with van der Waals surface area (Å²) in [6.07, 6.45) is -16.9. The van der Waals surface area contributed by atoms with Gasteiger partial charge in [0.2, 0.25) is 0 Å². The van der Waals surface area contributed by atoms with Crippen LogP contribution in [0.4, 0.5) is 0 Å². The highest BCUT2D eigenvalue weighted by molar-refractivity contribution is 4.93. The average Bonchev–Trinajstić information content (AvgIpc) is 2.69. The maximum Gasteiger partial charge on any atom is 0.189 e. The van der Waals surface area contributed by atoms with Crippen molar-refractivity contribution in [1.29, 1.82) is 0 Å². The van der Waals surface area contributed by atoms with E-state index in [0.717, 1.165) is 0 Å². The van der Waals surface area contributed by atoms with E-state index in [4.69, 9.17) is 18.9 Å². The standard InChI is InChI=1S/C17H32O13/c1-17(2,26)8(20)5-27-14-7(4-19)29-16(13(25)11(14)23)30-15-12(24)10(22)9(21)6(3-18)28-15/h6-16,18-26H,3-5H2,1-2H3/t6?,7?,8-,9+,10?,11?,12?,13?,14+,15+,16+/m0/s1. The Morgan fingerprint density at radius 1 is 0.800 bits per heavy atom. The second kappa shape index (κ2) is 10.4. The molecule has 2 aliphatic rings. The highest BCUT2D eigenvalue weighted by Crippen LogP contribution is 2.29. The minimum atomic E-state index is -1.76. The van der Waals surface area contributed by atoms with Crippen LogP contribution >= 0.6 is 0 Å². The smallest absolute Gasteiger partial charge is 0.189 e. The molecule has 0 aromatic rings. The SMILES string of the molecule is CC(C)(O)[C@@H](O)CO[C@@H]1C(CO)O[C@H](O[C@H]2OC(CO)[C@@H](O)C(O)C2O)C(O)C1O. The summed E-state index contributed by atoms with van der Waals surface area (Å²) in [5.74, 6) is 0. The Kier molecular flexibility index (Phi) is 8.92. The molecule has 13 heteroatoms. The van der Waals surface area contributed by atoms with Gasteiger partial charge < -0.3 is 64.9 Å². The van der Waals surface area contributed by atoms with E-state index in [1.165, 1.54) is 13.8 Å². The van der Waals surface area contributed by atoms with E-state index >= 15 is 0 Å². The summed E-state index contributed by atoms with van der Waals surface area (Å²) >= 11 is 0. The van der Waals surface area contributed by atoms with Gasteiger partial charge in [0.15, 0.2) is 12.6 Å². The maximum atomic E-state index is 10.4. The molecule has 2 rings (SSSR count). The lowest BCUT2D eigenvalue weighted by atomic mass is 9.97. The van der Waals surface area contributed by atoms with Gasteiger partial charge >= 0.3 is 0 Å². The van der Waals surface area contributed by atoms with Gasteiger partial charge in [-0.05, 0) is 13.8 Å². The molecule has 0 aliphatic carbocycles. The molecule has 11 atom stereocenters. The molecule has 2 aliphatic heterocycles. The normalized spacial score (nSPS) is 44.1. The van der Waals surface area contributed by atoms with Gasteiger partial charge in [0, 0.05) is 0 Å². The summed E-state index contributed by atoms with van der Waals surface area (Å²) in [5.41, 5.74) is -1.50. The fourth-order valence-corrected chi connectivity index (χ4v) is 3.09. The van der Waals surface area contributed by atoms with Crippen LogP contribution in [0.5, 0.6) is 0 Å². The molecule has 2 heterocycles. The van der Waals surface area contributed by atoms with Crippen molar-refractivity contribution in [2.45, 2.75) is 87.0 Å². The van der Waals surface area contributed by atoms with Crippen molar-refractivity contribution >= 4 is 0 Å². The molecule has 13 nitrogen and oxygen atoms in total. The molecular formula is C17H32O13. The maximum absolute atomic E-state index is 10.4. The lowest BCUT2D eigenvalue weighted by Gasteiger charge is -2.45. The molecule has 0 spiro atoms. The summed E-state index contributed by atoms with van der Waals surface area (Å²) in [5, 5.41) is 88.8. The number of aliphatic hydroxyl groups excluding tert-OH is 8. The van der Waals surface area contributed by atoms with E-state index in [2.05, 4.69) is 0 Å². The Morgan fingerprint density at radius 2 is 1.30 bits per heavy atom. The van der Waals surface area contributed by atoms with Crippen molar-refractivity contribution in [3.8, 4) is 0 Å². The number of aliphatic hydroxyl groups is 9. The van der Waals surface area contributed by atoms with Gasteiger partial charge in [-0.25, -0.2) is 0 Å². The minimum absolute atomic E-state index is 0.434. The van der Waals surface area contributed by atoms with Crippen LogP contribution in [0.25, 0.3) is 0 Å². The lowest BCUT2D eigenvalue weighted by Crippen LogP contribution is -2.64. The molecule has 2 fully saturated rings. The van der Waals surface area contributed by atoms with E-state index in [-0.39, 0.29) is 0 Å². The second-order valence-corrected chi connectivity index (χ2v) is 8.01. The first-order chi connectivity index (χ1) is 13.9. The van der Waals surface area contributed by atoms with E-state index in [0.29, 0.717) is 0 Å². The second-order valence-electron chi connectivity index (χ2n) is 8.01. The van der Waals surface area contributed by atoms with E-state index in [1.807, 2.05) is 0 Å². The van der Waals surface area contributed by atoms with Crippen LogP contribution < -0.4 is 0 Å². The molecule has 30 heavy (non-hydrogen) atoms. The van der Waals surface area contributed by atoms with Crippen molar-refractivity contribution in [1.82, 2.24) is 0 Å². The Morgan fingerprint density at radius 3 is 1.80 bits per heavy atom. The molecule has 178 valence electrons. The molecule has 9 N–H and O–H groups in total. The molecule has 0 saturated carbocycles. The van der Waals surface area contributed by atoms with Crippen LogP contribution in [-0.4, -0.2) is 139 Å². The van der Waals surface area contributed by atoms with Crippen molar-refractivity contribution in [3.05, 3.63) is 0 Å². The first-order valence-corrected chi connectivity index (χ1v) is 9.52. The summed E-state index contributed by atoms with van der Waals surface area (Å²) in [6.45, 7) is 0.882. The Balaban J connectivity index is 2.05. The van der Waals surface area contributed by atoms with Crippen molar-refractivity contribution in [2.24, 2.45) is 0 Å². The van der Waals surface area contributed by atoms with Gasteiger partial charge in [-0.2, -0.15) is 0 Å². The summed E-state index contributed by atoms with van der Waals surface area (Å²) in [6, 6.07) is 0. The van der Waals surface area contributed by atoms with Crippen LogP contribution in [0, 0.1) is 0 Å². The Labute approximate surface area is 172 Å². The third-order valence-corrected chi connectivity index (χ3v) is 5.20. The number of hydrogen-bond donors (Lipinski definition) is 9. The zero-order valence-electron chi connectivity index (χ0n) is 16.6. The Bertz CT molecular complexity index is 524. The number of hydrogen-bond acceptors (Lipinski definition) is 13. The van der Waals surface area contributed by atoms with Gasteiger partial charge in [0.1, 0.15) is 54.9 Å². The van der Waals surface area contributed by atoms with Gasteiger partial charge in [0.05, 0.1) is 25.4 Å². The lowest BCUT2D eigenvalue weighted by molar-refractivity contribution is -0.379. The predicted octanol–water partition coefficient (Wildman–Crippen LogP) is -5.24. The third kappa shape index (κ3) is 5.63. The minimum Gasteiger partial charge on any atom is -0.394 e. The summed E-state index contributed by atoms with van der Waals surface area (Å²) in [4.78, 5) is 0. The zero-order chi connectivity index (χ0) is 22.8. The average molecular weight is 444 g/mol. The number of ether oxygens (including phenoxy) is 4. The summed E-state index contributed by atoms with van der Waals surface area (Å²) < 4.78 is 21.2. The van der Waals surface area contributed by atoms with Crippen LogP contribution in [0.2, 0.25) is 0 Å². The largest absolute Gasteiger partial charge is 0.394 e. The van der Waals surface area contributed by atoms with Gasteiger partial charge in [-0.3, -0.25) is 0 Å². The van der Waals surface area contributed by atoms with E-state index in [9.17, 15) is 46.0 Å². The molecule has 0 radical (unpaired) electrons. The van der Waals surface area contributed by atoms with Crippen LogP contribution in [0.3, 0.4) is 0 Å². The quantitative estimate of drug-likeness (QED) is 0.171. The van der Waals surface area contributed by atoms with Crippen LogP contribution in [-0.2, 0) is 18.9 Å². The van der Waals surface area contributed by atoms with Gasteiger partial charge in [-0.1, -0.05) is 0 Å². The highest BCUT2D eigenvalue weighted by Gasteiger charge is 2.50.